The lowest BCUT2D eigenvalue weighted by Gasteiger charge is -2.42. The molecule has 0 aromatic carbocycles. The van der Waals surface area contributed by atoms with Crippen LogP contribution >= 0.6 is 0 Å². The summed E-state index contributed by atoms with van der Waals surface area (Å²) < 4.78 is 1.83. The minimum absolute atomic E-state index is 0.151. The van der Waals surface area contributed by atoms with Crippen LogP contribution in [0.5, 0.6) is 0 Å². The molecule has 25 heavy (non-hydrogen) atoms. The van der Waals surface area contributed by atoms with Gasteiger partial charge in [-0.15, -0.1) is 0 Å². The van der Waals surface area contributed by atoms with Crippen molar-refractivity contribution in [3.63, 3.8) is 0 Å². The Morgan fingerprint density at radius 2 is 1.96 bits per heavy atom. The second-order valence-corrected chi connectivity index (χ2v) is 8.04. The lowest BCUT2D eigenvalue weighted by molar-refractivity contribution is -0.149. The predicted molar refractivity (Wildman–Crippen MR) is 93.5 cm³/mol. The molecule has 6 nitrogen and oxygen atoms in total. The van der Waals surface area contributed by atoms with E-state index in [2.05, 4.69) is 23.8 Å². The standard InChI is InChI=1S/C19H28N4O2/c1-12-9-11-22(13(12)2)19(25)15-6-7-17(24)23(14-4-5-14)18(15)16-8-10-20-21(16)3/h8,10,12-15,18H,4-7,9,11H2,1-3H3/t12-,13+,15-,18+/m1/s1. The number of hydrogen-bond donors (Lipinski definition) is 0. The first-order chi connectivity index (χ1) is 12.0. The maximum Gasteiger partial charge on any atom is 0.228 e. The predicted octanol–water partition coefficient (Wildman–Crippen LogP) is 2.12. The van der Waals surface area contributed by atoms with Gasteiger partial charge in [0.25, 0.3) is 0 Å². The number of aromatic nitrogens is 2. The normalized spacial score (nSPS) is 33.2. The van der Waals surface area contributed by atoms with E-state index in [1.54, 1.807) is 6.20 Å². The van der Waals surface area contributed by atoms with Crippen LogP contribution in [0.25, 0.3) is 0 Å². The number of hydrogen-bond acceptors (Lipinski definition) is 3. The number of nitrogens with zero attached hydrogens (tertiary/aromatic N) is 4. The molecule has 1 saturated carbocycles. The summed E-state index contributed by atoms with van der Waals surface area (Å²) in [5.74, 6) is 0.812. The summed E-state index contributed by atoms with van der Waals surface area (Å²) in [4.78, 5) is 30.2. The number of likely N-dealkylation sites (tertiary alicyclic amines) is 2. The van der Waals surface area contributed by atoms with Crippen molar-refractivity contribution < 1.29 is 9.59 Å². The Morgan fingerprint density at radius 3 is 2.52 bits per heavy atom. The van der Waals surface area contributed by atoms with Crippen LogP contribution in [0.4, 0.5) is 0 Å². The van der Waals surface area contributed by atoms with E-state index in [9.17, 15) is 9.59 Å². The Bertz CT molecular complexity index is 681. The van der Waals surface area contributed by atoms with Crippen LogP contribution in [0.3, 0.4) is 0 Å². The largest absolute Gasteiger partial charge is 0.339 e. The van der Waals surface area contributed by atoms with Gasteiger partial charge in [-0.1, -0.05) is 6.92 Å². The minimum Gasteiger partial charge on any atom is -0.339 e. The fourth-order valence-electron chi connectivity index (χ4n) is 4.60. The van der Waals surface area contributed by atoms with Crippen molar-refractivity contribution in [1.29, 1.82) is 0 Å². The molecule has 6 heteroatoms. The maximum absolute atomic E-state index is 13.4. The van der Waals surface area contributed by atoms with E-state index in [1.807, 2.05) is 22.7 Å². The van der Waals surface area contributed by atoms with Gasteiger partial charge in [-0.3, -0.25) is 14.3 Å². The zero-order valence-corrected chi connectivity index (χ0v) is 15.4. The lowest BCUT2D eigenvalue weighted by atomic mass is 9.85. The third-order valence-electron chi connectivity index (χ3n) is 6.48. The summed E-state index contributed by atoms with van der Waals surface area (Å²) in [7, 11) is 1.90. The zero-order valence-electron chi connectivity index (χ0n) is 15.4. The van der Waals surface area contributed by atoms with E-state index >= 15 is 0 Å². The number of amides is 2. The molecule has 3 fully saturated rings. The third kappa shape index (κ3) is 2.75. The number of carbonyl (C=O) groups excluding carboxylic acids is 2. The molecule has 1 aliphatic carbocycles. The van der Waals surface area contributed by atoms with Gasteiger partial charge in [0.1, 0.15) is 0 Å². The number of aryl methyl sites for hydroxylation is 1. The molecule has 3 aliphatic rings. The van der Waals surface area contributed by atoms with Gasteiger partial charge < -0.3 is 9.80 Å². The average molecular weight is 344 g/mol. The quantitative estimate of drug-likeness (QED) is 0.844. The van der Waals surface area contributed by atoms with E-state index < -0.39 is 0 Å². The molecule has 0 radical (unpaired) electrons. The molecule has 0 unspecified atom stereocenters. The van der Waals surface area contributed by atoms with Crippen LogP contribution in [0, 0.1) is 11.8 Å². The van der Waals surface area contributed by atoms with Crippen molar-refractivity contribution in [3.05, 3.63) is 18.0 Å². The first kappa shape index (κ1) is 16.6. The van der Waals surface area contributed by atoms with E-state index in [4.69, 9.17) is 0 Å². The average Bonchev–Trinajstić information content (AvgIpc) is 3.25. The maximum atomic E-state index is 13.4. The van der Waals surface area contributed by atoms with Gasteiger partial charge in [0.2, 0.25) is 11.8 Å². The molecule has 3 heterocycles. The summed E-state index contributed by atoms with van der Waals surface area (Å²) >= 11 is 0. The molecule has 2 aliphatic heterocycles. The second kappa shape index (κ2) is 6.15. The Labute approximate surface area is 149 Å². The molecule has 4 rings (SSSR count). The molecule has 0 spiro atoms. The molecule has 0 N–H and O–H groups in total. The van der Waals surface area contributed by atoms with E-state index in [-0.39, 0.29) is 29.8 Å². The highest BCUT2D eigenvalue weighted by Crippen LogP contribution is 2.44. The van der Waals surface area contributed by atoms with Crippen LogP contribution in [0.1, 0.15) is 57.7 Å². The van der Waals surface area contributed by atoms with Crippen molar-refractivity contribution in [1.82, 2.24) is 19.6 Å². The Hall–Kier alpha value is -1.85. The molecular weight excluding hydrogens is 316 g/mol. The van der Waals surface area contributed by atoms with Gasteiger partial charge in [-0.05, 0) is 44.6 Å². The van der Waals surface area contributed by atoms with Gasteiger partial charge in [0.15, 0.2) is 0 Å². The van der Waals surface area contributed by atoms with Crippen molar-refractivity contribution in [2.45, 2.75) is 64.1 Å². The molecule has 2 saturated heterocycles. The zero-order chi connectivity index (χ0) is 17.7. The van der Waals surface area contributed by atoms with E-state index in [0.717, 1.165) is 31.5 Å². The Morgan fingerprint density at radius 1 is 1.20 bits per heavy atom. The number of piperidine rings is 1. The summed E-state index contributed by atoms with van der Waals surface area (Å²) in [6.07, 6.45) is 6.08. The van der Waals surface area contributed by atoms with Gasteiger partial charge in [-0.25, -0.2) is 0 Å². The fourth-order valence-corrected chi connectivity index (χ4v) is 4.60. The molecular formula is C19H28N4O2. The summed E-state index contributed by atoms with van der Waals surface area (Å²) in [5.41, 5.74) is 0.984. The smallest absolute Gasteiger partial charge is 0.228 e. The highest BCUT2D eigenvalue weighted by Gasteiger charge is 2.49. The fraction of sp³-hybridized carbons (Fsp3) is 0.737. The molecule has 0 bridgehead atoms. The van der Waals surface area contributed by atoms with Crippen LogP contribution in [-0.4, -0.2) is 50.0 Å². The topological polar surface area (TPSA) is 58.4 Å². The monoisotopic (exact) mass is 344 g/mol. The Balaban J connectivity index is 1.68. The highest BCUT2D eigenvalue weighted by molar-refractivity contribution is 5.85. The summed E-state index contributed by atoms with van der Waals surface area (Å²) in [6.45, 7) is 5.21. The minimum atomic E-state index is -0.170. The van der Waals surface area contributed by atoms with Crippen LogP contribution < -0.4 is 0 Å². The van der Waals surface area contributed by atoms with Crippen LogP contribution in [0.15, 0.2) is 12.3 Å². The lowest BCUT2D eigenvalue weighted by Crippen LogP contribution is -2.51. The molecule has 1 aromatic heterocycles. The van der Waals surface area contributed by atoms with Gasteiger partial charge in [0, 0.05) is 38.3 Å². The second-order valence-electron chi connectivity index (χ2n) is 8.04. The molecule has 136 valence electrons. The van der Waals surface area contributed by atoms with Crippen molar-refractivity contribution in [3.8, 4) is 0 Å². The molecule has 4 atom stereocenters. The first-order valence-corrected chi connectivity index (χ1v) is 9.58. The summed E-state index contributed by atoms with van der Waals surface area (Å²) in [5, 5.41) is 4.30. The van der Waals surface area contributed by atoms with E-state index in [1.165, 1.54) is 0 Å². The van der Waals surface area contributed by atoms with Gasteiger partial charge in [-0.2, -0.15) is 5.10 Å². The van der Waals surface area contributed by atoms with Crippen LogP contribution in [-0.2, 0) is 16.6 Å². The van der Waals surface area contributed by atoms with Gasteiger partial charge in [0.05, 0.1) is 17.7 Å². The van der Waals surface area contributed by atoms with Crippen LogP contribution in [0.2, 0.25) is 0 Å². The van der Waals surface area contributed by atoms with Crippen molar-refractivity contribution in [2.24, 2.45) is 18.9 Å². The first-order valence-electron chi connectivity index (χ1n) is 9.58. The summed E-state index contributed by atoms with van der Waals surface area (Å²) in [6, 6.07) is 2.39. The number of carbonyl (C=O) groups is 2. The molecule has 1 aromatic rings. The SMILES string of the molecule is C[C@@H]1CCN(C(=O)[C@@H]2CCC(=O)N(C3CC3)[C@@H]2c2ccnn2C)[C@H]1C. The van der Waals surface area contributed by atoms with Crippen molar-refractivity contribution in [2.75, 3.05) is 6.54 Å². The van der Waals surface area contributed by atoms with Gasteiger partial charge >= 0.3 is 0 Å². The Kier molecular flexibility index (Phi) is 4.08. The number of rotatable bonds is 3. The van der Waals surface area contributed by atoms with Crippen molar-refractivity contribution >= 4 is 11.8 Å². The highest BCUT2D eigenvalue weighted by atomic mass is 16.2. The molecule has 2 amide bonds. The van der Waals surface area contributed by atoms with E-state index in [0.29, 0.717) is 24.8 Å². The third-order valence-corrected chi connectivity index (χ3v) is 6.48.